The maximum Gasteiger partial charge on any atom is 0.0684 e. The number of aryl methyl sites for hydroxylation is 1. The number of hydrogen-bond donors (Lipinski definition) is 2. The highest BCUT2D eigenvalue weighted by atomic mass is 16.3. The van der Waals surface area contributed by atoms with E-state index in [2.05, 4.69) is 10.3 Å². The third-order valence-corrected chi connectivity index (χ3v) is 1.59. The molecule has 66 valence electrons. The van der Waals surface area contributed by atoms with Crippen molar-refractivity contribution in [3.8, 4) is 0 Å². The summed E-state index contributed by atoms with van der Waals surface area (Å²) >= 11 is 0. The monoisotopic (exact) mass is 166 g/mol. The Morgan fingerprint density at radius 3 is 3.00 bits per heavy atom. The third kappa shape index (κ3) is 2.51. The Hall–Kier alpha value is -1.09. The quantitative estimate of drug-likeness (QED) is 0.708. The number of aliphatic hydroxyl groups excluding tert-OH is 1. The number of aliphatic hydroxyl groups is 1. The first kappa shape index (κ1) is 9.00. The molecule has 1 aromatic rings. The number of nitrogens with one attached hydrogen (secondary N) is 1. The third-order valence-electron chi connectivity index (χ3n) is 1.59. The number of pyridine rings is 1. The molecule has 1 aromatic heterocycles. The summed E-state index contributed by atoms with van der Waals surface area (Å²) in [6, 6.07) is 3.82. The van der Waals surface area contributed by atoms with Gasteiger partial charge in [-0.1, -0.05) is 0 Å². The normalized spacial score (nSPS) is 12.6. The summed E-state index contributed by atoms with van der Waals surface area (Å²) < 4.78 is 0. The zero-order chi connectivity index (χ0) is 8.97. The lowest BCUT2D eigenvalue weighted by atomic mass is 10.3. The summed E-state index contributed by atoms with van der Waals surface area (Å²) in [5.41, 5.74) is 1.94. The molecule has 12 heavy (non-hydrogen) atoms. The number of rotatable bonds is 3. The molecule has 0 fully saturated rings. The molecule has 2 N–H and O–H groups in total. The summed E-state index contributed by atoms with van der Waals surface area (Å²) in [5, 5.41) is 12.1. The molecule has 1 rings (SSSR count). The van der Waals surface area contributed by atoms with Crippen LogP contribution in [0.15, 0.2) is 18.3 Å². The minimum atomic E-state index is -0.329. The molecule has 0 spiro atoms. The number of aromatic nitrogens is 1. The molecule has 0 aliphatic rings. The predicted octanol–water partition coefficient (Wildman–Crippen LogP) is 1.18. The lowest BCUT2D eigenvalue weighted by molar-refractivity contribution is 0.208. The van der Waals surface area contributed by atoms with Crippen molar-refractivity contribution in [2.75, 3.05) is 11.9 Å². The van der Waals surface area contributed by atoms with Gasteiger partial charge in [0.05, 0.1) is 17.5 Å². The van der Waals surface area contributed by atoms with Gasteiger partial charge >= 0.3 is 0 Å². The van der Waals surface area contributed by atoms with Crippen molar-refractivity contribution in [3.05, 3.63) is 24.0 Å². The SMILES string of the molecule is Cc1ncccc1NCC(C)O. The Morgan fingerprint density at radius 1 is 1.67 bits per heavy atom. The van der Waals surface area contributed by atoms with Crippen molar-refractivity contribution in [2.45, 2.75) is 20.0 Å². The van der Waals surface area contributed by atoms with Crippen LogP contribution >= 0.6 is 0 Å². The molecule has 3 heteroatoms. The Kier molecular flexibility index (Phi) is 3.05. The maximum atomic E-state index is 9.02. The van der Waals surface area contributed by atoms with Crippen molar-refractivity contribution in [3.63, 3.8) is 0 Å². The minimum absolute atomic E-state index is 0.329. The molecule has 1 atom stereocenters. The molecular formula is C9H14N2O. The fraction of sp³-hybridized carbons (Fsp3) is 0.444. The minimum Gasteiger partial charge on any atom is -0.392 e. The number of anilines is 1. The van der Waals surface area contributed by atoms with Crippen molar-refractivity contribution < 1.29 is 5.11 Å². The molecule has 0 amide bonds. The van der Waals surface area contributed by atoms with Gasteiger partial charge in [-0.3, -0.25) is 4.98 Å². The highest BCUT2D eigenvalue weighted by Gasteiger charge is 1.98. The largest absolute Gasteiger partial charge is 0.392 e. The highest BCUT2D eigenvalue weighted by molar-refractivity contribution is 5.46. The fourth-order valence-electron chi connectivity index (χ4n) is 0.929. The molecule has 0 aliphatic carbocycles. The Labute approximate surface area is 72.5 Å². The van der Waals surface area contributed by atoms with Crippen LogP contribution in [0.25, 0.3) is 0 Å². The van der Waals surface area contributed by atoms with Gasteiger partial charge in [-0.25, -0.2) is 0 Å². The second-order valence-electron chi connectivity index (χ2n) is 2.87. The van der Waals surface area contributed by atoms with Crippen LogP contribution < -0.4 is 5.32 Å². The van der Waals surface area contributed by atoms with Crippen LogP contribution in [0.2, 0.25) is 0 Å². The second kappa shape index (κ2) is 4.07. The lowest BCUT2D eigenvalue weighted by Crippen LogP contribution is -2.15. The molecule has 0 bridgehead atoms. The smallest absolute Gasteiger partial charge is 0.0684 e. The molecule has 0 saturated heterocycles. The van der Waals surface area contributed by atoms with Gasteiger partial charge in [-0.05, 0) is 26.0 Å². The molecule has 1 unspecified atom stereocenters. The molecular weight excluding hydrogens is 152 g/mol. The van der Waals surface area contributed by atoms with E-state index in [-0.39, 0.29) is 6.10 Å². The van der Waals surface area contributed by atoms with Gasteiger partial charge in [0.1, 0.15) is 0 Å². The van der Waals surface area contributed by atoms with Gasteiger partial charge in [0.2, 0.25) is 0 Å². The summed E-state index contributed by atoms with van der Waals surface area (Å²) in [4.78, 5) is 4.11. The summed E-state index contributed by atoms with van der Waals surface area (Å²) in [6.07, 6.45) is 1.42. The summed E-state index contributed by atoms with van der Waals surface area (Å²) in [7, 11) is 0. The van der Waals surface area contributed by atoms with Crippen LogP contribution in [0.5, 0.6) is 0 Å². The molecule has 0 radical (unpaired) electrons. The first-order chi connectivity index (χ1) is 5.70. The Balaban J connectivity index is 2.57. The summed E-state index contributed by atoms with van der Waals surface area (Å²) in [6.45, 7) is 4.25. The average Bonchev–Trinajstić information content (AvgIpc) is 2.03. The van der Waals surface area contributed by atoms with Crippen LogP contribution in [-0.2, 0) is 0 Å². The van der Waals surface area contributed by atoms with Crippen LogP contribution in [0.4, 0.5) is 5.69 Å². The van der Waals surface area contributed by atoms with Crippen LogP contribution in [0, 0.1) is 6.92 Å². The molecule has 3 nitrogen and oxygen atoms in total. The molecule has 1 heterocycles. The second-order valence-corrected chi connectivity index (χ2v) is 2.87. The van der Waals surface area contributed by atoms with Crippen molar-refractivity contribution >= 4 is 5.69 Å². The van der Waals surface area contributed by atoms with E-state index in [0.717, 1.165) is 11.4 Å². The van der Waals surface area contributed by atoms with E-state index in [4.69, 9.17) is 5.11 Å². The van der Waals surface area contributed by atoms with Gasteiger partial charge in [0.15, 0.2) is 0 Å². The van der Waals surface area contributed by atoms with Crippen LogP contribution in [0.1, 0.15) is 12.6 Å². The van der Waals surface area contributed by atoms with E-state index < -0.39 is 0 Å². The zero-order valence-corrected chi connectivity index (χ0v) is 7.41. The maximum absolute atomic E-state index is 9.02. The van der Waals surface area contributed by atoms with Crippen molar-refractivity contribution in [1.82, 2.24) is 4.98 Å². The van der Waals surface area contributed by atoms with Gasteiger partial charge < -0.3 is 10.4 Å². The van der Waals surface area contributed by atoms with Gasteiger partial charge in [0, 0.05) is 12.7 Å². The molecule has 0 aliphatic heterocycles. The first-order valence-corrected chi connectivity index (χ1v) is 4.03. The Bertz CT molecular complexity index is 248. The van der Waals surface area contributed by atoms with E-state index in [1.807, 2.05) is 19.1 Å². The van der Waals surface area contributed by atoms with Crippen molar-refractivity contribution in [2.24, 2.45) is 0 Å². The summed E-state index contributed by atoms with van der Waals surface area (Å²) in [5.74, 6) is 0. The number of hydrogen-bond acceptors (Lipinski definition) is 3. The number of nitrogens with zero attached hydrogens (tertiary/aromatic N) is 1. The van der Waals surface area contributed by atoms with Crippen LogP contribution in [0.3, 0.4) is 0 Å². The van der Waals surface area contributed by atoms with Gasteiger partial charge in [0.25, 0.3) is 0 Å². The highest BCUT2D eigenvalue weighted by Crippen LogP contribution is 2.09. The van der Waals surface area contributed by atoms with E-state index >= 15 is 0 Å². The molecule has 0 saturated carbocycles. The van der Waals surface area contributed by atoms with E-state index in [9.17, 15) is 0 Å². The van der Waals surface area contributed by atoms with Crippen molar-refractivity contribution in [1.29, 1.82) is 0 Å². The van der Waals surface area contributed by atoms with E-state index in [1.54, 1.807) is 13.1 Å². The predicted molar refractivity (Wildman–Crippen MR) is 49.1 cm³/mol. The molecule has 0 aromatic carbocycles. The first-order valence-electron chi connectivity index (χ1n) is 4.03. The zero-order valence-electron chi connectivity index (χ0n) is 7.41. The fourth-order valence-corrected chi connectivity index (χ4v) is 0.929. The van der Waals surface area contributed by atoms with Crippen LogP contribution in [-0.4, -0.2) is 22.7 Å². The van der Waals surface area contributed by atoms with Gasteiger partial charge in [-0.2, -0.15) is 0 Å². The van der Waals surface area contributed by atoms with E-state index in [0.29, 0.717) is 6.54 Å². The van der Waals surface area contributed by atoms with Gasteiger partial charge in [-0.15, -0.1) is 0 Å². The Morgan fingerprint density at radius 2 is 2.42 bits per heavy atom. The lowest BCUT2D eigenvalue weighted by Gasteiger charge is -2.09. The topological polar surface area (TPSA) is 45.2 Å². The standard InChI is InChI=1S/C9H14N2O/c1-7(12)6-11-9-4-3-5-10-8(9)2/h3-5,7,11-12H,6H2,1-2H3. The average molecular weight is 166 g/mol. The van der Waals surface area contributed by atoms with E-state index in [1.165, 1.54) is 0 Å².